The van der Waals surface area contributed by atoms with E-state index in [4.69, 9.17) is 10.8 Å². The topological polar surface area (TPSA) is 76.1 Å². The van der Waals surface area contributed by atoms with Crippen molar-refractivity contribution < 1.29 is 0 Å². The maximum absolute atomic E-state index is 6.37. The lowest BCUT2D eigenvalue weighted by Crippen LogP contribution is -2.49. The molecule has 0 bridgehead atoms. The van der Waals surface area contributed by atoms with Crippen LogP contribution in [0.2, 0.25) is 0 Å². The van der Waals surface area contributed by atoms with E-state index >= 15 is 0 Å². The number of hydrogen-bond acceptors (Lipinski definition) is 6. The zero-order valence-electron chi connectivity index (χ0n) is 20.3. The second-order valence-electron chi connectivity index (χ2n) is 10.00. The molecule has 0 spiro atoms. The fraction of sp³-hybridized carbons (Fsp3) is 0.393. The van der Waals surface area contributed by atoms with Crippen molar-refractivity contribution in [2.75, 3.05) is 39.0 Å². The standard InChI is InChI=1S/C28H33N7/c1-33-15-17-34(18-16-33)23-11-13-24(14-12-23)35-28-25(27(29)30-19-31-28)26(32-35)22-9-7-21(8-10-22)20-5-3-2-4-6-20/h2-10,19,23-24H,11-18H2,1H3,(H2,29,30,31). The van der Waals surface area contributed by atoms with Crippen LogP contribution in [0.15, 0.2) is 60.9 Å². The maximum Gasteiger partial charge on any atom is 0.164 e. The van der Waals surface area contributed by atoms with Gasteiger partial charge >= 0.3 is 0 Å². The van der Waals surface area contributed by atoms with Crippen molar-refractivity contribution in [3.8, 4) is 22.4 Å². The number of aromatic nitrogens is 4. The van der Waals surface area contributed by atoms with Gasteiger partial charge in [0.1, 0.15) is 17.8 Å². The van der Waals surface area contributed by atoms with E-state index in [1.165, 1.54) is 50.1 Å². The Hall–Kier alpha value is -3.29. The van der Waals surface area contributed by atoms with E-state index in [0.717, 1.165) is 35.1 Å². The van der Waals surface area contributed by atoms with Crippen LogP contribution in [0.1, 0.15) is 31.7 Å². The molecule has 2 aromatic heterocycles. The summed E-state index contributed by atoms with van der Waals surface area (Å²) in [6, 6.07) is 20.0. The quantitative estimate of drug-likeness (QED) is 0.477. The van der Waals surface area contributed by atoms with Crippen LogP contribution in [-0.2, 0) is 0 Å². The fourth-order valence-electron chi connectivity index (χ4n) is 5.76. The lowest BCUT2D eigenvalue weighted by Gasteiger charge is -2.41. The molecule has 2 N–H and O–H groups in total. The summed E-state index contributed by atoms with van der Waals surface area (Å²) in [7, 11) is 2.22. The molecule has 0 atom stereocenters. The zero-order chi connectivity index (χ0) is 23.8. The molecule has 0 amide bonds. The molecule has 4 aromatic rings. The molecule has 1 aliphatic heterocycles. The Kier molecular flexibility index (Phi) is 5.96. The SMILES string of the molecule is CN1CCN(C2CCC(n3nc(-c4ccc(-c5ccccc5)cc4)c4c(N)ncnc43)CC2)CC1. The van der Waals surface area contributed by atoms with Crippen LogP contribution in [-0.4, -0.2) is 68.8 Å². The van der Waals surface area contributed by atoms with E-state index in [0.29, 0.717) is 17.9 Å². The van der Waals surface area contributed by atoms with Crippen molar-refractivity contribution in [3.05, 3.63) is 60.9 Å². The molecule has 7 nitrogen and oxygen atoms in total. The third-order valence-electron chi connectivity index (χ3n) is 7.85. The molecule has 0 unspecified atom stereocenters. The number of nitrogens with two attached hydrogens (primary N) is 1. The van der Waals surface area contributed by atoms with Crippen LogP contribution in [0.25, 0.3) is 33.4 Å². The van der Waals surface area contributed by atoms with Crippen LogP contribution < -0.4 is 5.73 Å². The molecular formula is C28H33N7. The number of rotatable bonds is 4. The molecule has 35 heavy (non-hydrogen) atoms. The van der Waals surface area contributed by atoms with Crippen molar-refractivity contribution in [2.24, 2.45) is 0 Å². The van der Waals surface area contributed by atoms with Crippen LogP contribution in [0.3, 0.4) is 0 Å². The van der Waals surface area contributed by atoms with E-state index in [2.05, 4.69) is 80.0 Å². The Balaban J connectivity index is 1.27. The summed E-state index contributed by atoms with van der Waals surface area (Å²) in [5.41, 5.74) is 11.5. The molecule has 2 aromatic carbocycles. The Labute approximate surface area is 206 Å². The van der Waals surface area contributed by atoms with Crippen LogP contribution in [0, 0.1) is 0 Å². The molecule has 7 heteroatoms. The molecule has 180 valence electrons. The number of anilines is 1. The van der Waals surface area contributed by atoms with Gasteiger partial charge in [-0.05, 0) is 43.9 Å². The third-order valence-corrected chi connectivity index (χ3v) is 7.85. The normalized spacial score (nSPS) is 22.0. The number of nitrogen functional groups attached to an aromatic ring is 1. The summed E-state index contributed by atoms with van der Waals surface area (Å²) >= 11 is 0. The first-order valence-electron chi connectivity index (χ1n) is 12.7. The van der Waals surface area contributed by atoms with E-state index in [1.807, 2.05) is 6.07 Å². The minimum Gasteiger partial charge on any atom is -0.383 e. The first kappa shape index (κ1) is 22.2. The van der Waals surface area contributed by atoms with Crippen molar-refractivity contribution in [2.45, 2.75) is 37.8 Å². The van der Waals surface area contributed by atoms with E-state index < -0.39 is 0 Å². The second kappa shape index (κ2) is 9.40. The lowest BCUT2D eigenvalue weighted by molar-refractivity contribution is 0.0815. The van der Waals surface area contributed by atoms with Crippen molar-refractivity contribution in [3.63, 3.8) is 0 Å². The average Bonchev–Trinajstić information content (AvgIpc) is 3.31. The van der Waals surface area contributed by atoms with Gasteiger partial charge in [-0.2, -0.15) is 5.10 Å². The summed E-state index contributed by atoms with van der Waals surface area (Å²) in [6.45, 7) is 4.71. The molecule has 1 saturated heterocycles. The van der Waals surface area contributed by atoms with Crippen molar-refractivity contribution in [1.82, 2.24) is 29.5 Å². The molecule has 6 rings (SSSR count). The van der Waals surface area contributed by atoms with Gasteiger partial charge < -0.3 is 10.6 Å². The van der Waals surface area contributed by atoms with E-state index in [1.54, 1.807) is 6.33 Å². The summed E-state index contributed by atoms with van der Waals surface area (Å²) in [4.78, 5) is 14.1. The maximum atomic E-state index is 6.37. The predicted molar refractivity (Wildman–Crippen MR) is 141 cm³/mol. The Morgan fingerprint density at radius 1 is 0.743 bits per heavy atom. The number of fused-ring (bicyclic) bond motifs is 1. The largest absolute Gasteiger partial charge is 0.383 e. The fourth-order valence-corrected chi connectivity index (χ4v) is 5.76. The molecule has 0 radical (unpaired) electrons. The number of hydrogen-bond donors (Lipinski definition) is 1. The summed E-state index contributed by atoms with van der Waals surface area (Å²) in [6.07, 6.45) is 6.21. The van der Waals surface area contributed by atoms with Gasteiger partial charge in [-0.1, -0.05) is 54.6 Å². The van der Waals surface area contributed by atoms with Crippen LogP contribution >= 0.6 is 0 Å². The third kappa shape index (κ3) is 4.30. The van der Waals surface area contributed by atoms with Gasteiger partial charge in [-0.3, -0.25) is 4.90 Å². The van der Waals surface area contributed by atoms with Crippen molar-refractivity contribution >= 4 is 16.9 Å². The first-order valence-corrected chi connectivity index (χ1v) is 12.7. The van der Waals surface area contributed by atoms with Crippen molar-refractivity contribution in [1.29, 1.82) is 0 Å². The molecule has 1 saturated carbocycles. The monoisotopic (exact) mass is 467 g/mol. The highest BCUT2D eigenvalue weighted by Gasteiger charge is 2.30. The lowest BCUT2D eigenvalue weighted by atomic mass is 9.90. The van der Waals surface area contributed by atoms with Crippen LogP contribution in [0.5, 0.6) is 0 Å². The molecule has 2 aliphatic rings. The number of benzene rings is 2. The number of nitrogens with zero attached hydrogens (tertiary/aromatic N) is 6. The van der Waals surface area contributed by atoms with Gasteiger partial charge in [0.15, 0.2) is 5.65 Å². The Morgan fingerprint density at radius 3 is 2.09 bits per heavy atom. The molecule has 1 aliphatic carbocycles. The van der Waals surface area contributed by atoms with Gasteiger partial charge in [0.05, 0.1) is 11.4 Å². The minimum atomic E-state index is 0.341. The summed E-state index contributed by atoms with van der Waals surface area (Å²) in [5.74, 6) is 0.495. The Morgan fingerprint density at radius 2 is 1.37 bits per heavy atom. The smallest absolute Gasteiger partial charge is 0.164 e. The number of piperazine rings is 1. The molecule has 2 fully saturated rings. The van der Waals surface area contributed by atoms with Gasteiger partial charge in [0.25, 0.3) is 0 Å². The highest BCUT2D eigenvalue weighted by atomic mass is 15.3. The van der Waals surface area contributed by atoms with E-state index in [9.17, 15) is 0 Å². The molecule has 3 heterocycles. The van der Waals surface area contributed by atoms with Gasteiger partial charge in [-0.25, -0.2) is 14.6 Å². The molecular weight excluding hydrogens is 434 g/mol. The highest BCUT2D eigenvalue weighted by molar-refractivity contribution is 5.98. The summed E-state index contributed by atoms with van der Waals surface area (Å²) < 4.78 is 2.13. The van der Waals surface area contributed by atoms with Gasteiger partial charge in [0.2, 0.25) is 0 Å². The van der Waals surface area contributed by atoms with E-state index in [-0.39, 0.29) is 0 Å². The second-order valence-corrected chi connectivity index (χ2v) is 10.00. The summed E-state index contributed by atoms with van der Waals surface area (Å²) in [5, 5.41) is 5.97. The zero-order valence-corrected chi connectivity index (χ0v) is 20.3. The Bertz CT molecular complexity index is 1280. The van der Waals surface area contributed by atoms with Crippen LogP contribution in [0.4, 0.5) is 5.82 Å². The number of likely N-dealkylation sites (N-methyl/N-ethyl adjacent to an activating group) is 1. The van der Waals surface area contributed by atoms with Gasteiger partial charge in [-0.15, -0.1) is 0 Å². The predicted octanol–water partition coefficient (Wildman–Crippen LogP) is 4.47. The highest BCUT2D eigenvalue weighted by Crippen LogP contribution is 2.37. The average molecular weight is 468 g/mol. The minimum absolute atomic E-state index is 0.341. The van der Waals surface area contributed by atoms with Gasteiger partial charge in [0, 0.05) is 37.8 Å². The first-order chi connectivity index (χ1) is 17.2.